The molecule has 5 nitrogen and oxygen atoms in total. The van der Waals surface area contributed by atoms with Crippen LogP contribution in [-0.2, 0) is 16.6 Å². The average molecular weight is 288 g/mol. The van der Waals surface area contributed by atoms with Crippen LogP contribution in [0, 0.1) is 12.8 Å². The minimum Gasteiger partial charge on any atom is -0.464 e. The molecule has 0 aliphatic carbocycles. The van der Waals surface area contributed by atoms with Crippen molar-refractivity contribution >= 4 is 10.0 Å². The Morgan fingerprint density at radius 3 is 2.26 bits per heavy atom. The molecule has 0 amide bonds. The summed E-state index contributed by atoms with van der Waals surface area (Å²) in [6.07, 6.45) is 0. The Hall–Kier alpha value is -0.850. The van der Waals surface area contributed by atoms with Gasteiger partial charge in [0.1, 0.15) is 16.4 Å². The fourth-order valence-electron chi connectivity index (χ4n) is 1.95. The van der Waals surface area contributed by atoms with E-state index < -0.39 is 10.0 Å². The van der Waals surface area contributed by atoms with Crippen LogP contribution in [-0.4, -0.2) is 25.3 Å². The van der Waals surface area contributed by atoms with Crippen molar-refractivity contribution in [2.75, 3.05) is 6.54 Å². The van der Waals surface area contributed by atoms with E-state index in [2.05, 4.69) is 0 Å². The van der Waals surface area contributed by atoms with E-state index in [0.29, 0.717) is 18.1 Å². The molecule has 1 aromatic rings. The molecule has 0 aliphatic heterocycles. The van der Waals surface area contributed by atoms with Gasteiger partial charge in [-0.3, -0.25) is 0 Å². The van der Waals surface area contributed by atoms with Gasteiger partial charge in [0.15, 0.2) is 0 Å². The number of nitrogens with two attached hydrogens (primary N) is 1. The molecule has 1 aromatic heterocycles. The van der Waals surface area contributed by atoms with Crippen LogP contribution in [0.2, 0.25) is 0 Å². The Bertz CT molecular complexity index is 518. The first-order valence-corrected chi connectivity index (χ1v) is 7.95. The molecule has 0 saturated heterocycles. The molecule has 6 heteroatoms. The molecular formula is C13H24N2O3S. The SMILES string of the molecule is Cc1oc(CN)cc1S(=O)(=O)N(CC(C)C)C(C)C. The predicted octanol–water partition coefficient (Wildman–Crippen LogP) is 2.10. The third kappa shape index (κ3) is 3.58. The maximum absolute atomic E-state index is 12.7. The highest BCUT2D eigenvalue weighted by Gasteiger charge is 2.30. The Morgan fingerprint density at radius 2 is 1.89 bits per heavy atom. The van der Waals surface area contributed by atoms with E-state index in [4.69, 9.17) is 10.2 Å². The standard InChI is InChI=1S/C13H24N2O3S/c1-9(2)8-15(10(3)4)19(16,17)13-6-12(7-14)18-11(13)5/h6,9-10H,7-8,14H2,1-5H3. The molecule has 110 valence electrons. The maximum Gasteiger partial charge on any atom is 0.246 e. The highest BCUT2D eigenvalue weighted by atomic mass is 32.2. The van der Waals surface area contributed by atoms with Crippen LogP contribution in [0.3, 0.4) is 0 Å². The van der Waals surface area contributed by atoms with Gasteiger partial charge in [-0.05, 0) is 26.7 Å². The summed E-state index contributed by atoms with van der Waals surface area (Å²) in [6.45, 7) is 10.1. The van der Waals surface area contributed by atoms with Gasteiger partial charge >= 0.3 is 0 Å². The molecule has 0 radical (unpaired) electrons. The lowest BCUT2D eigenvalue weighted by molar-refractivity contribution is 0.318. The van der Waals surface area contributed by atoms with E-state index in [9.17, 15) is 8.42 Å². The van der Waals surface area contributed by atoms with E-state index >= 15 is 0 Å². The maximum atomic E-state index is 12.7. The average Bonchev–Trinajstić information content (AvgIpc) is 2.67. The fraction of sp³-hybridized carbons (Fsp3) is 0.692. The number of nitrogens with zero attached hydrogens (tertiary/aromatic N) is 1. The molecule has 0 saturated carbocycles. The Kier molecular flexibility index (Phi) is 5.18. The van der Waals surface area contributed by atoms with Gasteiger partial charge in [-0.2, -0.15) is 4.31 Å². The van der Waals surface area contributed by atoms with Gasteiger partial charge in [-0.15, -0.1) is 0 Å². The number of hydrogen-bond acceptors (Lipinski definition) is 4. The van der Waals surface area contributed by atoms with Gasteiger partial charge in [0.2, 0.25) is 10.0 Å². The first-order chi connectivity index (χ1) is 8.70. The lowest BCUT2D eigenvalue weighted by Crippen LogP contribution is -2.39. The van der Waals surface area contributed by atoms with Crippen LogP contribution < -0.4 is 5.73 Å². The second-order valence-corrected chi connectivity index (χ2v) is 7.26. The summed E-state index contributed by atoms with van der Waals surface area (Å²) in [4.78, 5) is 0.224. The van der Waals surface area contributed by atoms with Crippen LogP contribution in [0.5, 0.6) is 0 Å². The summed E-state index contributed by atoms with van der Waals surface area (Å²) in [5.74, 6) is 1.15. The van der Waals surface area contributed by atoms with Crippen molar-refractivity contribution < 1.29 is 12.8 Å². The number of furan rings is 1. The summed E-state index contributed by atoms with van der Waals surface area (Å²) in [6, 6.07) is 1.43. The zero-order valence-corrected chi connectivity index (χ0v) is 13.1. The van der Waals surface area contributed by atoms with Crippen molar-refractivity contribution in [3.8, 4) is 0 Å². The molecular weight excluding hydrogens is 264 g/mol. The highest BCUT2D eigenvalue weighted by molar-refractivity contribution is 7.89. The predicted molar refractivity (Wildman–Crippen MR) is 75.2 cm³/mol. The fourth-order valence-corrected chi connectivity index (χ4v) is 3.94. The van der Waals surface area contributed by atoms with Crippen molar-refractivity contribution in [2.24, 2.45) is 11.7 Å². The topological polar surface area (TPSA) is 76.5 Å². The molecule has 19 heavy (non-hydrogen) atoms. The summed E-state index contributed by atoms with van der Waals surface area (Å²) in [5.41, 5.74) is 5.49. The molecule has 0 unspecified atom stereocenters. The van der Waals surface area contributed by atoms with E-state index in [1.54, 1.807) is 6.92 Å². The zero-order chi connectivity index (χ0) is 14.8. The van der Waals surface area contributed by atoms with Crippen LogP contribution >= 0.6 is 0 Å². The van der Waals surface area contributed by atoms with Gasteiger partial charge in [0, 0.05) is 18.7 Å². The largest absolute Gasteiger partial charge is 0.464 e. The summed E-state index contributed by atoms with van der Waals surface area (Å²) in [5, 5.41) is 0. The lowest BCUT2D eigenvalue weighted by Gasteiger charge is -2.27. The summed E-state index contributed by atoms with van der Waals surface area (Å²) in [7, 11) is -3.53. The minimum atomic E-state index is -3.53. The van der Waals surface area contributed by atoms with Gasteiger partial charge in [0.05, 0.1) is 6.54 Å². The first kappa shape index (κ1) is 16.2. The van der Waals surface area contributed by atoms with Gasteiger partial charge in [0.25, 0.3) is 0 Å². The molecule has 2 N–H and O–H groups in total. The van der Waals surface area contributed by atoms with Crippen molar-refractivity contribution in [2.45, 2.75) is 52.1 Å². The number of hydrogen-bond donors (Lipinski definition) is 1. The molecule has 0 aliphatic rings. The van der Waals surface area contributed by atoms with Crippen LogP contribution in [0.25, 0.3) is 0 Å². The Balaban J connectivity index is 3.22. The van der Waals surface area contributed by atoms with Crippen LogP contribution in [0.4, 0.5) is 0 Å². The molecule has 0 fully saturated rings. The van der Waals surface area contributed by atoms with Crippen molar-refractivity contribution in [1.82, 2.24) is 4.31 Å². The molecule has 0 atom stereocenters. The first-order valence-electron chi connectivity index (χ1n) is 6.51. The van der Waals surface area contributed by atoms with Gasteiger partial charge in [-0.1, -0.05) is 13.8 Å². The Labute approximate surface area is 115 Å². The Morgan fingerprint density at radius 1 is 1.32 bits per heavy atom. The minimum absolute atomic E-state index is 0.0944. The molecule has 0 aromatic carbocycles. The summed E-state index contributed by atoms with van der Waals surface area (Å²) >= 11 is 0. The quantitative estimate of drug-likeness (QED) is 0.869. The van der Waals surface area contributed by atoms with Crippen LogP contribution in [0.1, 0.15) is 39.2 Å². The van der Waals surface area contributed by atoms with E-state index in [1.165, 1.54) is 10.4 Å². The zero-order valence-electron chi connectivity index (χ0n) is 12.3. The third-order valence-corrected chi connectivity index (χ3v) is 4.98. The second-order valence-electron chi connectivity index (χ2n) is 5.40. The smallest absolute Gasteiger partial charge is 0.246 e. The van der Waals surface area contributed by atoms with Crippen molar-refractivity contribution in [3.63, 3.8) is 0 Å². The molecule has 0 bridgehead atoms. The number of rotatable bonds is 6. The summed E-state index contributed by atoms with van der Waals surface area (Å²) < 4.78 is 32.2. The lowest BCUT2D eigenvalue weighted by atomic mass is 10.2. The molecule has 1 heterocycles. The molecule has 1 rings (SSSR count). The number of aryl methyl sites for hydroxylation is 1. The van der Waals surface area contributed by atoms with Gasteiger partial charge < -0.3 is 10.2 Å². The normalized spacial score (nSPS) is 12.9. The number of sulfonamides is 1. The van der Waals surface area contributed by atoms with Crippen molar-refractivity contribution in [1.29, 1.82) is 0 Å². The highest BCUT2D eigenvalue weighted by Crippen LogP contribution is 2.25. The van der Waals surface area contributed by atoms with Gasteiger partial charge in [-0.25, -0.2) is 8.42 Å². The third-order valence-electron chi connectivity index (χ3n) is 2.83. The van der Waals surface area contributed by atoms with Crippen LogP contribution in [0.15, 0.2) is 15.4 Å². The monoisotopic (exact) mass is 288 g/mol. The molecule has 0 spiro atoms. The van der Waals surface area contributed by atoms with E-state index in [0.717, 1.165) is 0 Å². The second kappa shape index (κ2) is 6.07. The van der Waals surface area contributed by atoms with Crippen molar-refractivity contribution in [3.05, 3.63) is 17.6 Å². The van der Waals surface area contributed by atoms with E-state index in [1.807, 2.05) is 27.7 Å². The van der Waals surface area contributed by atoms with E-state index in [-0.39, 0.29) is 23.4 Å².